The van der Waals surface area contributed by atoms with Crippen molar-refractivity contribution in [3.63, 3.8) is 0 Å². The molecule has 9 heteroatoms. The van der Waals surface area contributed by atoms with Crippen LogP contribution in [-0.4, -0.2) is 44.7 Å². The maximum atomic E-state index is 12.4. The van der Waals surface area contributed by atoms with Gasteiger partial charge in [-0.1, -0.05) is 0 Å². The van der Waals surface area contributed by atoms with Crippen LogP contribution in [0.2, 0.25) is 0 Å². The average Bonchev–Trinajstić information content (AvgIpc) is 2.67. The second kappa shape index (κ2) is 8.18. The van der Waals surface area contributed by atoms with Crippen molar-refractivity contribution in [3.8, 4) is 11.3 Å². The van der Waals surface area contributed by atoms with E-state index in [2.05, 4.69) is 15.4 Å². The number of aromatic nitrogens is 3. The number of aliphatic hydroxyl groups excluding tert-OH is 1. The molecular formula is C18H21F3N4O2. The molecule has 146 valence electrons. The quantitative estimate of drug-likeness (QED) is 0.830. The molecule has 2 aromatic rings. The molecule has 0 aliphatic heterocycles. The number of hydrogen-bond acceptors (Lipinski definition) is 5. The molecule has 1 fully saturated rings. The summed E-state index contributed by atoms with van der Waals surface area (Å²) in [5, 5.41) is 16.3. The molecule has 2 N–H and O–H groups in total. The van der Waals surface area contributed by atoms with Crippen LogP contribution in [0.25, 0.3) is 11.3 Å². The summed E-state index contributed by atoms with van der Waals surface area (Å²) in [6, 6.07) is 6.56. The summed E-state index contributed by atoms with van der Waals surface area (Å²) in [6.45, 7) is -0.520. The van der Waals surface area contributed by atoms with Crippen LogP contribution in [0.4, 0.5) is 13.2 Å². The summed E-state index contributed by atoms with van der Waals surface area (Å²) < 4.78 is 38.6. The predicted octanol–water partition coefficient (Wildman–Crippen LogP) is 2.30. The van der Waals surface area contributed by atoms with Gasteiger partial charge in [0.25, 0.3) is 5.56 Å². The third-order valence-corrected chi connectivity index (χ3v) is 4.80. The molecule has 1 saturated carbocycles. The Labute approximate surface area is 154 Å². The van der Waals surface area contributed by atoms with E-state index in [-0.39, 0.29) is 17.6 Å². The first-order valence-corrected chi connectivity index (χ1v) is 8.83. The van der Waals surface area contributed by atoms with Gasteiger partial charge in [-0.2, -0.15) is 18.3 Å². The van der Waals surface area contributed by atoms with Gasteiger partial charge in [0.05, 0.1) is 11.7 Å². The zero-order valence-corrected chi connectivity index (χ0v) is 14.6. The first-order chi connectivity index (χ1) is 12.8. The lowest BCUT2D eigenvalue weighted by atomic mass is 9.91. The molecule has 1 atom stereocenters. The van der Waals surface area contributed by atoms with Crippen LogP contribution in [-0.2, 0) is 0 Å². The third-order valence-electron chi connectivity index (χ3n) is 4.80. The summed E-state index contributed by atoms with van der Waals surface area (Å²) in [5.74, 6) is 0. The zero-order valence-electron chi connectivity index (χ0n) is 14.6. The Morgan fingerprint density at radius 3 is 2.59 bits per heavy atom. The van der Waals surface area contributed by atoms with Gasteiger partial charge in [-0.15, -0.1) is 0 Å². The Hall–Kier alpha value is -2.26. The van der Waals surface area contributed by atoms with Crippen LogP contribution < -0.4 is 10.9 Å². The first-order valence-electron chi connectivity index (χ1n) is 8.83. The van der Waals surface area contributed by atoms with Crippen molar-refractivity contribution >= 4 is 0 Å². The fourth-order valence-electron chi connectivity index (χ4n) is 3.27. The van der Waals surface area contributed by atoms with Gasteiger partial charge in [0.15, 0.2) is 6.10 Å². The number of aliphatic hydroxyl groups is 1. The van der Waals surface area contributed by atoms with Crippen molar-refractivity contribution in [2.45, 2.75) is 50.0 Å². The molecule has 1 aliphatic carbocycles. The molecule has 0 spiro atoms. The van der Waals surface area contributed by atoms with E-state index in [0.29, 0.717) is 31.4 Å². The molecular weight excluding hydrogens is 361 g/mol. The number of hydrogen-bond donors (Lipinski definition) is 2. The normalized spacial score (nSPS) is 21.8. The molecule has 27 heavy (non-hydrogen) atoms. The zero-order chi connectivity index (χ0) is 19.4. The standard InChI is InChI=1S/C18H21F3N4O2/c19-18(20,21)16(26)11-23-13-3-5-14(6-4-13)25-17(27)8-7-15(24-25)12-2-1-9-22-10-12/h1-2,7-10,13-14,16,23,26H,3-6,11H2. The van der Waals surface area contributed by atoms with Gasteiger partial charge in [-0.25, -0.2) is 4.68 Å². The monoisotopic (exact) mass is 382 g/mol. The van der Waals surface area contributed by atoms with Crippen LogP contribution in [0.15, 0.2) is 41.5 Å². The topological polar surface area (TPSA) is 80.0 Å². The number of pyridine rings is 1. The van der Waals surface area contributed by atoms with Crippen molar-refractivity contribution in [2.75, 3.05) is 6.54 Å². The van der Waals surface area contributed by atoms with Crippen LogP contribution in [0.3, 0.4) is 0 Å². The van der Waals surface area contributed by atoms with Gasteiger partial charge in [0, 0.05) is 36.6 Å². The second-order valence-electron chi connectivity index (χ2n) is 6.71. The van der Waals surface area contributed by atoms with Gasteiger partial charge in [0.1, 0.15) is 0 Å². The van der Waals surface area contributed by atoms with Crippen molar-refractivity contribution in [1.29, 1.82) is 0 Å². The third kappa shape index (κ3) is 4.92. The van der Waals surface area contributed by atoms with Crippen LogP contribution in [0, 0.1) is 0 Å². The average molecular weight is 382 g/mol. The van der Waals surface area contributed by atoms with Crippen LogP contribution >= 0.6 is 0 Å². The minimum atomic E-state index is -4.62. The predicted molar refractivity (Wildman–Crippen MR) is 93.1 cm³/mol. The molecule has 0 amide bonds. The minimum Gasteiger partial charge on any atom is -0.382 e. The number of nitrogens with zero attached hydrogens (tertiary/aromatic N) is 3. The van der Waals surface area contributed by atoms with Crippen LogP contribution in [0.5, 0.6) is 0 Å². The summed E-state index contributed by atoms with van der Waals surface area (Å²) in [4.78, 5) is 16.3. The highest BCUT2D eigenvalue weighted by Gasteiger charge is 2.38. The summed E-state index contributed by atoms with van der Waals surface area (Å²) >= 11 is 0. The minimum absolute atomic E-state index is 0.0975. The van der Waals surface area contributed by atoms with Gasteiger partial charge < -0.3 is 10.4 Å². The maximum Gasteiger partial charge on any atom is 0.415 e. The number of halogens is 3. The molecule has 2 heterocycles. The van der Waals surface area contributed by atoms with Crippen LogP contribution in [0.1, 0.15) is 31.7 Å². The highest BCUT2D eigenvalue weighted by Crippen LogP contribution is 2.28. The fourth-order valence-corrected chi connectivity index (χ4v) is 3.27. The molecule has 0 bridgehead atoms. The van der Waals surface area contributed by atoms with Crippen molar-refractivity contribution in [1.82, 2.24) is 20.1 Å². The van der Waals surface area contributed by atoms with E-state index < -0.39 is 18.8 Å². The smallest absolute Gasteiger partial charge is 0.382 e. The Bertz CT molecular complexity index is 802. The SMILES string of the molecule is O=c1ccc(-c2cccnc2)nn1C1CCC(NCC(O)C(F)(F)F)CC1. The molecule has 2 aromatic heterocycles. The van der Waals surface area contributed by atoms with Gasteiger partial charge in [-0.05, 0) is 43.9 Å². The lowest BCUT2D eigenvalue weighted by Gasteiger charge is -2.30. The lowest BCUT2D eigenvalue weighted by molar-refractivity contribution is -0.202. The van der Waals surface area contributed by atoms with Crippen molar-refractivity contribution in [2.24, 2.45) is 0 Å². The molecule has 1 unspecified atom stereocenters. The number of alkyl halides is 3. The van der Waals surface area contributed by atoms with E-state index in [1.165, 1.54) is 10.7 Å². The first kappa shape index (κ1) is 19.5. The molecule has 0 aromatic carbocycles. The Balaban J connectivity index is 1.62. The van der Waals surface area contributed by atoms with Gasteiger partial charge in [-0.3, -0.25) is 9.78 Å². The number of rotatable bonds is 5. The highest BCUT2D eigenvalue weighted by atomic mass is 19.4. The van der Waals surface area contributed by atoms with E-state index in [0.717, 1.165) is 5.56 Å². The van der Waals surface area contributed by atoms with E-state index in [1.54, 1.807) is 24.5 Å². The van der Waals surface area contributed by atoms with Crippen molar-refractivity contribution < 1.29 is 18.3 Å². The number of nitrogens with one attached hydrogen (secondary N) is 1. The highest BCUT2D eigenvalue weighted by molar-refractivity contribution is 5.56. The molecule has 3 rings (SSSR count). The lowest BCUT2D eigenvalue weighted by Crippen LogP contribution is -2.44. The Kier molecular flexibility index (Phi) is 5.91. The van der Waals surface area contributed by atoms with Gasteiger partial charge >= 0.3 is 6.18 Å². The molecule has 1 aliphatic rings. The maximum absolute atomic E-state index is 12.4. The van der Waals surface area contributed by atoms with Gasteiger partial charge in [0.2, 0.25) is 0 Å². The van der Waals surface area contributed by atoms with Crippen molar-refractivity contribution in [3.05, 3.63) is 47.0 Å². The Morgan fingerprint density at radius 2 is 1.96 bits per heavy atom. The molecule has 6 nitrogen and oxygen atoms in total. The second-order valence-corrected chi connectivity index (χ2v) is 6.71. The summed E-state index contributed by atoms with van der Waals surface area (Å²) in [6.07, 6.45) is -1.18. The van der Waals surface area contributed by atoms with E-state index in [4.69, 9.17) is 5.11 Å². The fraction of sp³-hybridized carbons (Fsp3) is 0.500. The molecule has 0 radical (unpaired) electrons. The molecule has 0 saturated heterocycles. The Morgan fingerprint density at radius 1 is 1.22 bits per heavy atom. The summed E-state index contributed by atoms with van der Waals surface area (Å²) in [5.41, 5.74) is 1.26. The summed E-state index contributed by atoms with van der Waals surface area (Å²) in [7, 11) is 0. The van der Waals surface area contributed by atoms with E-state index in [1.807, 2.05) is 6.07 Å². The van der Waals surface area contributed by atoms with E-state index in [9.17, 15) is 18.0 Å². The van der Waals surface area contributed by atoms with E-state index >= 15 is 0 Å². The largest absolute Gasteiger partial charge is 0.415 e.